The number of nitrogens with two attached hydrogens (primary N) is 1. The molecule has 0 saturated heterocycles. The summed E-state index contributed by atoms with van der Waals surface area (Å²) in [6.45, 7) is 0. The van der Waals surface area contributed by atoms with Gasteiger partial charge in [-0.05, 0) is 48.6 Å². The van der Waals surface area contributed by atoms with Gasteiger partial charge in [0.25, 0.3) is 0 Å². The maximum Gasteiger partial charge on any atom is 0.241 e. The Hall–Kier alpha value is -1.74. The molecule has 0 spiro atoms. The average Bonchev–Trinajstić information content (AvgIpc) is 3.38. The standard InChI is InChI=1S/C16H18N2O4S2/c17-23(19,20)14-8-10-15(11-9-14)24(21,22)18-16(13-6-7-13)12-4-2-1-3-5-12/h1-5,8-11,13,16,18H,6-7H2,(H2,17,19,20). The molecular weight excluding hydrogens is 348 g/mol. The smallest absolute Gasteiger partial charge is 0.225 e. The van der Waals surface area contributed by atoms with E-state index in [0.717, 1.165) is 18.4 Å². The Morgan fingerprint density at radius 3 is 1.92 bits per heavy atom. The maximum absolute atomic E-state index is 12.6. The van der Waals surface area contributed by atoms with E-state index in [4.69, 9.17) is 5.14 Å². The normalized spacial score (nSPS) is 16.7. The average molecular weight is 366 g/mol. The van der Waals surface area contributed by atoms with Crippen molar-refractivity contribution in [2.45, 2.75) is 28.7 Å². The van der Waals surface area contributed by atoms with Gasteiger partial charge in [-0.25, -0.2) is 26.7 Å². The van der Waals surface area contributed by atoms with Crippen molar-refractivity contribution in [1.82, 2.24) is 4.72 Å². The molecule has 1 saturated carbocycles. The third kappa shape index (κ3) is 3.84. The van der Waals surface area contributed by atoms with Crippen molar-refractivity contribution in [3.05, 3.63) is 60.2 Å². The molecule has 1 aliphatic rings. The van der Waals surface area contributed by atoms with Gasteiger partial charge in [0.2, 0.25) is 20.0 Å². The molecule has 3 rings (SSSR count). The highest BCUT2D eigenvalue weighted by atomic mass is 32.2. The summed E-state index contributed by atoms with van der Waals surface area (Å²) in [6, 6.07) is 14.0. The Balaban J connectivity index is 1.87. The third-order valence-electron chi connectivity index (χ3n) is 4.00. The molecule has 24 heavy (non-hydrogen) atoms. The Morgan fingerprint density at radius 1 is 0.875 bits per heavy atom. The lowest BCUT2D eigenvalue weighted by Crippen LogP contribution is -2.30. The van der Waals surface area contributed by atoms with Crippen LogP contribution in [0, 0.1) is 5.92 Å². The topological polar surface area (TPSA) is 106 Å². The van der Waals surface area contributed by atoms with Crippen molar-refractivity contribution in [3.63, 3.8) is 0 Å². The zero-order valence-electron chi connectivity index (χ0n) is 12.8. The van der Waals surface area contributed by atoms with E-state index >= 15 is 0 Å². The number of hydrogen-bond donors (Lipinski definition) is 2. The molecule has 0 heterocycles. The van der Waals surface area contributed by atoms with Gasteiger partial charge >= 0.3 is 0 Å². The zero-order valence-corrected chi connectivity index (χ0v) is 14.4. The van der Waals surface area contributed by atoms with Crippen molar-refractivity contribution in [1.29, 1.82) is 0 Å². The quantitative estimate of drug-likeness (QED) is 0.812. The van der Waals surface area contributed by atoms with Gasteiger partial charge in [-0.2, -0.15) is 0 Å². The van der Waals surface area contributed by atoms with Crippen molar-refractivity contribution in [2.75, 3.05) is 0 Å². The minimum atomic E-state index is -3.85. The van der Waals surface area contributed by atoms with Gasteiger partial charge in [0.15, 0.2) is 0 Å². The summed E-state index contributed by atoms with van der Waals surface area (Å²) in [4.78, 5) is -0.111. The number of benzene rings is 2. The Kier molecular flexibility index (Phi) is 4.48. The van der Waals surface area contributed by atoms with Gasteiger partial charge in [0.05, 0.1) is 9.79 Å². The van der Waals surface area contributed by atoms with E-state index in [0.29, 0.717) is 0 Å². The summed E-state index contributed by atoms with van der Waals surface area (Å²) in [5.74, 6) is 0.283. The van der Waals surface area contributed by atoms with Crippen LogP contribution in [0.4, 0.5) is 0 Å². The Labute approximate surface area is 141 Å². The highest BCUT2D eigenvalue weighted by molar-refractivity contribution is 7.89. The molecule has 0 bridgehead atoms. The van der Waals surface area contributed by atoms with Gasteiger partial charge in [-0.1, -0.05) is 30.3 Å². The Morgan fingerprint density at radius 2 is 1.42 bits per heavy atom. The number of primary sulfonamides is 1. The van der Waals surface area contributed by atoms with Gasteiger partial charge in [-0.15, -0.1) is 0 Å². The molecule has 0 aromatic heterocycles. The molecule has 8 heteroatoms. The van der Waals surface area contributed by atoms with Gasteiger partial charge in [0.1, 0.15) is 0 Å². The molecule has 1 aliphatic carbocycles. The molecule has 1 atom stereocenters. The molecule has 1 fully saturated rings. The minimum Gasteiger partial charge on any atom is -0.225 e. The van der Waals surface area contributed by atoms with Crippen LogP contribution in [-0.2, 0) is 20.0 Å². The number of nitrogens with one attached hydrogen (secondary N) is 1. The third-order valence-corrected chi connectivity index (χ3v) is 6.38. The van der Waals surface area contributed by atoms with Crippen molar-refractivity contribution in [3.8, 4) is 0 Å². The van der Waals surface area contributed by atoms with Gasteiger partial charge in [-0.3, -0.25) is 0 Å². The molecule has 0 radical (unpaired) electrons. The minimum absolute atomic E-state index is 0.0106. The second-order valence-corrected chi connectivity index (χ2v) is 9.14. The number of sulfonamides is 2. The first kappa shape index (κ1) is 17.1. The first-order chi connectivity index (χ1) is 11.3. The number of hydrogen-bond acceptors (Lipinski definition) is 4. The van der Waals surface area contributed by atoms with Crippen LogP contribution in [0.3, 0.4) is 0 Å². The molecule has 2 aromatic carbocycles. The molecule has 3 N–H and O–H groups in total. The molecule has 6 nitrogen and oxygen atoms in total. The summed E-state index contributed by atoms with van der Waals surface area (Å²) in [5.41, 5.74) is 0.921. The fraction of sp³-hybridized carbons (Fsp3) is 0.250. The van der Waals surface area contributed by atoms with Crippen molar-refractivity contribution < 1.29 is 16.8 Å². The van der Waals surface area contributed by atoms with E-state index in [2.05, 4.69) is 4.72 Å². The van der Waals surface area contributed by atoms with Crippen LogP contribution < -0.4 is 9.86 Å². The van der Waals surface area contributed by atoms with Crippen LogP contribution in [0.1, 0.15) is 24.4 Å². The van der Waals surface area contributed by atoms with Crippen LogP contribution >= 0.6 is 0 Å². The lowest BCUT2D eigenvalue weighted by Gasteiger charge is -2.19. The summed E-state index contributed by atoms with van der Waals surface area (Å²) < 4.78 is 50.5. The van der Waals surface area contributed by atoms with Crippen LogP contribution in [0.15, 0.2) is 64.4 Å². The summed E-state index contributed by atoms with van der Waals surface area (Å²) >= 11 is 0. The van der Waals surface area contributed by atoms with E-state index in [1.54, 1.807) is 0 Å². The molecular formula is C16H18N2O4S2. The highest BCUT2D eigenvalue weighted by Gasteiger charge is 2.35. The predicted octanol–water partition coefficient (Wildman–Crippen LogP) is 1.76. The SMILES string of the molecule is NS(=O)(=O)c1ccc(S(=O)(=O)NC(c2ccccc2)C2CC2)cc1. The van der Waals surface area contributed by atoms with Crippen LogP contribution in [-0.4, -0.2) is 16.8 Å². The van der Waals surface area contributed by atoms with E-state index in [1.165, 1.54) is 24.3 Å². The molecule has 0 amide bonds. The Bertz CT molecular complexity index is 920. The zero-order chi connectivity index (χ0) is 17.4. The maximum atomic E-state index is 12.6. The summed E-state index contributed by atoms with van der Waals surface area (Å²) in [5, 5.41) is 5.03. The summed E-state index contributed by atoms with van der Waals surface area (Å²) in [6.07, 6.45) is 1.96. The largest absolute Gasteiger partial charge is 0.241 e. The lowest BCUT2D eigenvalue weighted by molar-refractivity contribution is 0.529. The van der Waals surface area contributed by atoms with E-state index in [1.807, 2.05) is 30.3 Å². The first-order valence-electron chi connectivity index (χ1n) is 7.47. The highest BCUT2D eigenvalue weighted by Crippen LogP contribution is 2.41. The lowest BCUT2D eigenvalue weighted by atomic mass is 10.0. The first-order valence-corrected chi connectivity index (χ1v) is 10.5. The molecule has 0 aliphatic heterocycles. The second-order valence-electron chi connectivity index (χ2n) is 5.86. The molecule has 2 aromatic rings. The fourth-order valence-electron chi connectivity index (χ4n) is 2.57. The van der Waals surface area contributed by atoms with Crippen LogP contribution in [0.5, 0.6) is 0 Å². The van der Waals surface area contributed by atoms with Crippen LogP contribution in [0.2, 0.25) is 0 Å². The molecule has 1 unspecified atom stereocenters. The summed E-state index contributed by atoms with van der Waals surface area (Å²) in [7, 11) is -7.61. The van der Waals surface area contributed by atoms with E-state index < -0.39 is 20.0 Å². The van der Waals surface area contributed by atoms with E-state index in [9.17, 15) is 16.8 Å². The number of rotatable bonds is 6. The molecule has 128 valence electrons. The second kappa shape index (κ2) is 6.29. The van der Waals surface area contributed by atoms with Gasteiger partial charge in [0, 0.05) is 6.04 Å². The van der Waals surface area contributed by atoms with Gasteiger partial charge < -0.3 is 0 Å². The van der Waals surface area contributed by atoms with Crippen molar-refractivity contribution in [2.24, 2.45) is 11.1 Å². The fourth-order valence-corrected chi connectivity index (χ4v) is 4.38. The predicted molar refractivity (Wildman–Crippen MR) is 90.0 cm³/mol. The van der Waals surface area contributed by atoms with E-state index in [-0.39, 0.29) is 21.8 Å². The van der Waals surface area contributed by atoms with Crippen LogP contribution in [0.25, 0.3) is 0 Å². The monoisotopic (exact) mass is 366 g/mol. The van der Waals surface area contributed by atoms with Crippen molar-refractivity contribution >= 4 is 20.0 Å².